The van der Waals surface area contributed by atoms with Crippen molar-refractivity contribution in [1.29, 1.82) is 0 Å². The van der Waals surface area contributed by atoms with Crippen LogP contribution in [0.4, 0.5) is 11.6 Å². The van der Waals surface area contributed by atoms with Crippen molar-refractivity contribution in [1.82, 2.24) is 40.0 Å². The minimum absolute atomic E-state index is 0.0899. The van der Waals surface area contributed by atoms with Gasteiger partial charge in [-0.3, -0.25) is 14.3 Å². The maximum Gasteiger partial charge on any atom is 0.224 e. The highest BCUT2D eigenvalue weighted by atomic mass is 16.1. The van der Waals surface area contributed by atoms with Crippen LogP contribution in [-0.4, -0.2) is 40.6 Å². The number of rotatable bonds is 7. The maximum absolute atomic E-state index is 12.8. The summed E-state index contributed by atoms with van der Waals surface area (Å²) in [6.45, 7) is 0.331. The van der Waals surface area contributed by atoms with E-state index in [2.05, 4.69) is 40.8 Å². The third kappa shape index (κ3) is 4.34. The molecule has 0 unspecified atom stereocenters. The first kappa shape index (κ1) is 21.4. The molecule has 0 saturated carbocycles. The van der Waals surface area contributed by atoms with Crippen LogP contribution in [-0.2, 0) is 17.8 Å². The topological polar surface area (TPSA) is 126 Å². The number of hydrogen-bond acceptors (Lipinski definition) is 7. The second-order valence-corrected chi connectivity index (χ2v) is 8.19. The van der Waals surface area contributed by atoms with Gasteiger partial charge in [0.05, 0.1) is 35.7 Å². The van der Waals surface area contributed by atoms with Gasteiger partial charge in [-0.15, -0.1) is 10.2 Å². The van der Waals surface area contributed by atoms with Crippen molar-refractivity contribution in [2.24, 2.45) is 0 Å². The third-order valence-electron chi connectivity index (χ3n) is 5.75. The lowest BCUT2D eigenvalue weighted by Crippen LogP contribution is -2.25. The summed E-state index contributed by atoms with van der Waals surface area (Å²) in [4.78, 5) is 28.8. The number of fused-ring (bicyclic) bond motifs is 2. The minimum atomic E-state index is -0.0899. The van der Waals surface area contributed by atoms with Crippen LogP contribution in [0.3, 0.4) is 0 Å². The molecule has 10 nitrogen and oxygen atoms in total. The van der Waals surface area contributed by atoms with Crippen LogP contribution in [0.2, 0.25) is 0 Å². The van der Waals surface area contributed by atoms with Gasteiger partial charge >= 0.3 is 0 Å². The van der Waals surface area contributed by atoms with Gasteiger partial charge in [-0.2, -0.15) is 0 Å². The van der Waals surface area contributed by atoms with Crippen molar-refractivity contribution >= 4 is 39.5 Å². The summed E-state index contributed by atoms with van der Waals surface area (Å²) >= 11 is 0. The number of nitrogens with one attached hydrogen (secondary N) is 3. The Labute approximate surface area is 205 Å². The van der Waals surface area contributed by atoms with E-state index >= 15 is 0 Å². The number of carbonyl (C=O) groups is 1. The molecule has 6 rings (SSSR count). The predicted molar refractivity (Wildman–Crippen MR) is 136 cm³/mol. The van der Waals surface area contributed by atoms with Crippen LogP contribution in [0.5, 0.6) is 0 Å². The van der Waals surface area contributed by atoms with E-state index in [1.165, 1.54) is 0 Å². The molecule has 0 aliphatic heterocycles. The van der Waals surface area contributed by atoms with Gasteiger partial charge in [0.25, 0.3) is 0 Å². The number of amides is 1. The van der Waals surface area contributed by atoms with Crippen LogP contribution in [0, 0.1) is 0 Å². The molecule has 0 fully saturated rings. The minimum Gasteiger partial charge on any atom is -0.349 e. The van der Waals surface area contributed by atoms with E-state index < -0.39 is 0 Å². The first-order chi connectivity index (χ1) is 17.7. The molecule has 0 bridgehead atoms. The van der Waals surface area contributed by atoms with Crippen LogP contribution < -0.4 is 10.6 Å². The summed E-state index contributed by atoms with van der Waals surface area (Å²) in [6.07, 6.45) is 6.98. The highest BCUT2D eigenvalue weighted by Crippen LogP contribution is 2.25. The van der Waals surface area contributed by atoms with Crippen molar-refractivity contribution in [3.8, 4) is 5.82 Å². The molecule has 0 aliphatic carbocycles. The highest BCUT2D eigenvalue weighted by molar-refractivity contribution is 5.90. The van der Waals surface area contributed by atoms with E-state index in [1.54, 1.807) is 18.6 Å². The van der Waals surface area contributed by atoms with Crippen molar-refractivity contribution in [2.75, 3.05) is 5.32 Å². The molecule has 0 atom stereocenters. The molecule has 2 aromatic carbocycles. The van der Waals surface area contributed by atoms with Gasteiger partial charge < -0.3 is 15.6 Å². The number of anilines is 2. The van der Waals surface area contributed by atoms with Crippen molar-refractivity contribution in [3.63, 3.8) is 0 Å². The molecule has 0 aliphatic rings. The van der Waals surface area contributed by atoms with E-state index in [1.807, 2.05) is 71.4 Å². The molecule has 1 amide bonds. The van der Waals surface area contributed by atoms with Crippen LogP contribution >= 0.6 is 0 Å². The van der Waals surface area contributed by atoms with Crippen LogP contribution in [0.1, 0.15) is 11.4 Å². The Morgan fingerprint density at radius 3 is 2.67 bits per heavy atom. The van der Waals surface area contributed by atoms with Gasteiger partial charge in [0.2, 0.25) is 5.91 Å². The summed E-state index contributed by atoms with van der Waals surface area (Å²) in [5.41, 5.74) is 3.67. The van der Waals surface area contributed by atoms with Crippen molar-refractivity contribution in [2.45, 2.75) is 13.0 Å². The zero-order valence-electron chi connectivity index (χ0n) is 19.1. The van der Waals surface area contributed by atoms with Crippen molar-refractivity contribution < 1.29 is 4.79 Å². The molecular formula is C26H21N9O. The highest BCUT2D eigenvalue weighted by Gasteiger charge is 2.14. The van der Waals surface area contributed by atoms with E-state index in [4.69, 9.17) is 0 Å². The lowest BCUT2D eigenvalue weighted by Gasteiger charge is -2.06. The Kier molecular flexibility index (Phi) is 5.51. The predicted octanol–water partition coefficient (Wildman–Crippen LogP) is 3.69. The first-order valence-electron chi connectivity index (χ1n) is 11.4. The lowest BCUT2D eigenvalue weighted by molar-refractivity contribution is -0.120. The zero-order chi connectivity index (χ0) is 24.3. The number of nitrogens with zero attached hydrogens (tertiary/aromatic N) is 6. The second-order valence-electron chi connectivity index (χ2n) is 8.19. The zero-order valence-corrected chi connectivity index (χ0v) is 19.1. The van der Waals surface area contributed by atoms with E-state index in [0.717, 1.165) is 33.3 Å². The number of aromatic amines is 1. The number of hydrogen-bond donors (Lipinski definition) is 3. The Morgan fingerprint density at radius 1 is 0.944 bits per heavy atom. The Morgan fingerprint density at radius 2 is 1.83 bits per heavy atom. The summed E-state index contributed by atoms with van der Waals surface area (Å²) < 4.78 is 1.94. The summed E-state index contributed by atoms with van der Waals surface area (Å²) in [5, 5.41) is 15.7. The standard InChI is InChI=1S/C26H21N9O/c36-26(29-15-24-30-19-6-2-3-7-20(19)31-24)13-17-16-35(21-8-4-1-5-18(17)21)25-10-9-22(33-34-25)32-23-14-27-11-12-28-23/h1-12,14,16H,13,15H2,(H,29,36)(H,30,31)(H,28,32,33). The maximum atomic E-state index is 12.8. The number of aromatic nitrogens is 7. The Hall–Kier alpha value is -5.12. The SMILES string of the molecule is O=C(Cc1cn(-c2ccc(Nc3cnccn3)nn2)c2ccccc12)NCc1nc2ccccc2[nH]1. The van der Waals surface area contributed by atoms with Gasteiger partial charge in [0, 0.05) is 24.0 Å². The molecule has 4 heterocycles. The molecule has 36 heavy (non-hydrogen) atoms. The van der Waals surface area contributed by atoms with Gasteiger partial charge in [0.1, 0.15) is 11.6 Å². The molecule has 0 saturated heterocycles. The summed E-state index contributed by atoms with van der Waals surface area (Å²) in [5.74, 6) is 2.41. The Bertz CT molecular complexity index is 1620. The molecule has 6 aromatic rings. The fourth-order valence-electron chi connectivity index (χ4n) is 4.10. The quantitative estimate of drug-likeness (QED) is 0.321. The van der Waals surface area contributed by atoms with E-state index in [0.29, 0.717) is 24.0 Å². The molecule has 10 heteroatoms. The fraction of sp³-hybridized carbons (Fsp3) is 0.0769. The average molecular weight is 476 g/mol. The van der Waals surface area contributed by atoms with Crippen LogP contribution in [0.25, 0.3) is 27.8 Å². The number of imidazole rings is 1. The van der Waals surface area contributed by atoms with Gasteiger partial charge in [-0.1, -0.05) is 30.3 Å². The molecule has 0 radical (unpaired) electrons. The molecule has 176 valence electrons. The van der Waals surface area contributed by atoms with Crippen LogP contribution in [0.15, 0.2) is 85.5 Å². The number of para-hydroxylation sites is 3. The largest absolute Gasteiger partial charge is 0.349 e. The Balaban J connectivity index is 1.19. The number of benzene rings is 2. The monoisotopic (exact) mass is 475 g/mol. The molecular weight excluding hydrogens is 454 g/mol. The molecule has 3 N–H and O–H groups in total. The fourth-order valence-corrected chi connectivity index (χ4v) is 4.10. The van der Waals surface area contributed by atoms with E-state index in [9.17, 15) is 4.79 Å². The summed E-state index contributed by atoms with van der Waals surface area (Å²) in [6, 6.07) is 19.4. The normalized spacial score (nSPS) is 11.1. The third-order valence-corrected chi connectivity index (χ3v) is 5.75. The second kappa shape index (κ2) is 9.26. The van der Waals surface area contributed by atoms with Gasteiger partial charge in [0.15, 0.2) is 11.6 Å². The number of H-pyrrole nitrogens is 1. The number of carbonyl (C=O) groups excluding carboxylic acids is 1. The first-order valence-corrected chi connectivity index (χ1v) is 11.4. The van der Waals surface area contributed by atoms with Crippen molar-refractivity contribution in [3.05, 3.63) is 96.8 Å². The molecule has 4 aromatic heterocycles. The lowest BCUT2D eigenvalue weighted by atomic mass is 10.1. The average Bonchev–Trinajstić information content (AvgIpc) is 3.50. The van der Waals surface area contributed by atoms with E-state index in [-0.39, 0.29) is 12.3 Å². The van der Waals surface area contributed by atoms with Gasteiger partial charge in [-0.05, 0) is 35.9 Å². The van der Waals surface area contributed by atoms with Gasteiger partial charge in [-0.25, -0.2) is 9.97 Å². The smallest absolute Gasteiger partial charge is 0.224 e. The summed E-state index contributed by atoms with van der Waals surface area (Å²) in [7, 11) is 0. The molecule has 0 spiro atoms.